The first-order chi connectivity index (χ1) is 7.65. The Balaban J connectivity index is 2.07. The molecule has 0 aliphatic rings. The molecule has 0 saturated carbocycles. The molecule has 1 aromatic heterocycles. The molecular formula is C10H7Cl2FN2S. The molecule has 1 aromatic carbocycles. The molecule has 6 heteroatoms. The number of hydrogen-bond acceptors (Lipinski definition) is 3. The van der Waals surface area contributed by atoms with Crippen LogP contribution in [-0.4, -0.2) is 4.98 Å². The quantitative estimate of drug-likeness (QED) is 0.909. The van der Waals surface area contributed by atoms with Crippen LogP contribution in [-0.2, 0) is 6.54 Å². The number of benzene rings is 1. The summed E-state index contributed by atoms with van der Waals surface area (Å²) >= 11 is 12.8. The minimum Gasteiger partial charge on any atom is -0.378 e. The van der Waals surface area contributed by atoms with Crippen molar-refractivity contribution in [1.82, 2.24) is 4.98 Å². The molecular weight excluding hydrogens is 270 g/mol. The molecule has 0 spiro atoms. The number of aromatic nitrogens is 1. The van der Waals surface area contributed by atoms with E-state index in [9.17, 15) is 4.39 Å². The normalized spacial score (nSPS) is 10.4. The summed E-state index contributed by atoms with van der Waals surface area (Å²) in [5, 5.41) is 3.43. The van der Waals surface area contributed by atoms with Gasteiger partial charge in [0.05, 0.1) is 12.2 Å². The van der Waals surface area contributed by atoms with Gasteiger partial charge in [0, 0.05) is 16.1 Å². The topological polar surface area (TPSA) is 24.9 Å². The molecule has 1 heterocycles. The Bertz CT molecular complexity index is 501. The number of anilines is 1. The van der Waals surface area contributed by atoms with Crippen LogP contribution in [0.5, 0.6) is 0 Å². The van der Waals surface area contributed by atoms with Gasteiger partial charge in [0.2, 0.25) is 0 Å². The van der Waals surface area contributed by atoms with Gasteiger partial charge in [-0.05, 0) is 18.2 Å². The van der Waals surface area contributed by atoms with Crippen LogP contribution in [0.15, 0.2) is 24.4 Å². The van der Waals surface area contributed by atoms with Crippen LogP contribution >= 0.6 is 34.5 Å². The summed E-state index contributed by atoms with van der Waals surface area (Å²) in [5.74, 6) is -0.333. The van der Waals surface area contributed by atoms with E-state index in [1.165, 1.54) is 23.5 Å². The van der Waals surface area contributed by atoms with Crippen LogP contribution in [0.1, 0.15) is 4.88 Å². The van der Waals surface area contributed by atoms with Crippen molar-refractivity contribution in [2.75, 3.05) is 5.32 Å². The third-order valence-electron chi connectivity index (χ3n) is 1.91. The molecule has 0 radical (unpaired) electrons. The lowest BCUT2D eigenvalue weighted by Gasteiger charge is -2.05. The van der Waals surface area contributed by atoms with Gasteiger partial charge in [0.25, 0.3) is 0 Å². The van der Waals surface area contributed by atoms with Gasteiger partial charge in [-0.3, -0.25) is 0 Å². The lowest BCUT2D eigenvalue weighted by atomic mass is 10.3. The highest BCUT2D eigenvalue weighted by Gasteiger charge is 2.04. The summed E-state index contributed by atoms with van der Waals surface area (Å²) in [7, 11) is 0. The number of nitrogens with one attached hydrogen (secondary N) is 1. The molecule has 84 valence electrons. The first-order valence-electron chi connectivity index (χ1n) is 4.44. The van der Waals surface area contributed by atoms with Crippen molar-refractivity contribution in [1.29, 1.82) is 0 Å². The predicted molar refractivity (Wildman–Crippen MR) is 65.9 cm³/mol. The summed E-state index contributed by atoms with van der Waals surface area (Å²) in [6.45, 7) is 0.474. The second-order valence-corrected chi connectivity index (χ2v) is 5.19. The van der Waals surface area contributed by atoms with Gasteiger partial charge in [0.15, 0.2) is 4.47 Å². The summed E-state index contributed by atoms with van der Waals surface area (Å²) < 4.78 is 13.8. The van der Waals surface area contributed by atoms with Crippen LogP contribution in [0.4, 0.5) is 10.1 Å². The van der Waals surface area contributed by atoms with E-state index in [2.05, 4.69) is 10.3 Å². The van der Waals surface area contributed by atoms with Crippen molar-refractivity contribution in [2.24, 2.45) is 0 Å². The second-order valence-electron chi connectivity index (χ2n) is 3.06. The van der Waals surface area contributed by atoms with Gasteiger partial charge < -0.3 is 5.32 Å². The first-order valence-corrected chi connectivity index (χ1v) is 6.01. The Morgan fingerprint density at radius 1 is 1.38 bits per heavy atom. The summed E-state index contributed by atoms with van der Waals surface area (Å²) in [5.41, 5.74) is 0.372. The Kier molecular flexibility index (Phi) is 3.63. The smallest absolute Gasteiger partial charge is 0.183 e. The second kappa shape index (κ2) is 4.99. The van der Waals surface area contributed by atoms with Crippen LogP contribution in [0.3, 0.4) is 0 Å². The molecule has 0 bridgehead atoms. The van der Waals surface area contributed by atoms with Gasteiger partial charge in [-0.2, -0.15) is 0 Å². The molecule has 0 fully saturated rings. The highest BCUT2D eigenvalue weighted by molar-refractivity contribution is 7.15. The number of hydrogen-bond donors (Lipinski definition) is 1. The van der Waals surface area contributed by atoms with Crippen LogP contribution < -0.4 is 5.32 Å². The molecule has 1 N–H and O–H groups in total. The molecule has 0 saturated heterocycles. The molecule has 2 rings (SSSR count). The van der Waals surface area contributed by atoms with E-state index >= 15 is 0 Å². The number of halogens is 3. The maximum absolute atomic E-state index is 13.3. The maximum atomic E-state index is 13.3. The van der Waals surface area contributed by atoms with E-state index in [0.29, 0.717) is 21.7 Å². The van der Waals surface area contributed by atoms with Gasteiger partial charge in [-0.15, -0.1) is 11.3 Å². The molecule has 0 amide bonds. The Morgan fingerprint density at radius 2 is 2.19 bits per heavy atom. The highest BCUT2D eigenvalue weighted by Crippen LogP contribution is 2.22. The zero-order valence-corrected chi connectivity index (χ0v) is 10.3. The summed E-state index contributed by atoms with van der Waals surface area (Å²) in [6.07, 6.45) is 1.66. The van der Waals surface area contributed by atoms with Crippen LogP contribution in [0.2, 0.25) is 9.49 Å². The van der Waals surface area contributed by atoms with Crippen molar-refractivity contribution in [3.05, 3.63) is 44.6 Å². The zero-order valence-electron chi connectivity index (χ0n) is 8.01. The minimum atomic E-state index is -0.333. The minimum absolute atomic E-state index is 0.333. The van der Waals surface area contributed by atoms with E-state index < -0.39 is 0 Å². The van der Waals surface area contributed by atoms with Crippen molar-refractivity contribution >= 4 is 40.2 Å². The predicted octanol–water partition coefficient (Wildman–Crippen LogP) is 4.20. The Labute approximate surface area is 106 Å². The average molecular weight is 277 g/mol. The van der Waals surface area contributed by atoms with Crippen molar-refractivity contribution in [2.45, 2.75) is 6.54 Å². The molecule has 16 heavy (non-hydrogen) atoms. The number of rotatable bonds is 3. The highest BCUT2D eigenvalue weighted by atomic mass is 35.5. The first kappa shape index (κ1) is 11.6. The molecule has 0 atom stereocenters. The molecule has 2 nitrogen and oxygen atoms in total. The van der Waals surface area contributed by atoms with Crippen LogP contribution in [0.25, 0.3) is 0 Å². The van der Waals surface area contributed by atoms with Gasteiger partial charge in [0.1, 0.15) is 5.82 Å². The Hall–Kier alpha value is -0.840. The van der Waals surface area contributed by atoms with Gasteiger partial charge in [-0.25, -0.2) is 9.37 Å². The summed E-state index contributed by atoms with van der Waals surface area (Å²) in [6, 6.07) is 4.37. The molecule has 0 unspecified atom stereocenters. The lowest BCUT2D eigenvalue weighted by Crippen LogP contribution is -1.99. The molecule has 2 aromatic rings. The van der Waals surface area contributed by atoms with E-state index in [0.717, 1.165) is 4.88 Å². The van der Waals surface area contributed by atoms with E-state index in [1.807, 2.05) is 0 Å². The van der Waals surface area contributed by atoms with E-state index in [4.69, 9.17) is 23.2 Å². The molecule has 0 aliphatic carbocycles. The Morgan fingerprint density at radius 3 is 2.88 bits per heavy atom. The molecule has 0 aliphatic heterocycles. The van der Waals surface area contributed by atoms with Crippen molar-refractivity contribution in [3.8, 4) is 0 Å². The van der Waals surface area contributed by atoms with Gasteiger partial charge in [-0.1, -0.05) is 23.2 Å². The largest absolute Gasteiger partial charge is 0.378 e. The standard InChI is InChI=1S/C10H7Cl2FN2S/c11-6-1-2-8(13)9(3-6)14-4-7-5-15-10(12)16-7/h1-3,5,14H,4H2. The fraction of sp³-hybridized carbons (Fsp3) is 0.100. The van der Waals surface area contributed by atoms with Gasteiger partial charge >= 0.3 is 0 Å². The van der Waals surface area contributed by atoms with Crippen molar-refractivity contribution < 1.29 is 4.39 Å². The van der Waals surface area contributed by atoms with Crippen molar-refractivity contribution in [3.63, 3.8) is 0 Å². The third kappa shape index (κ3) is 2.84. The fourth-order valence-corrected chi connectivity index (χ4v) is 2.27. The third-order valence-corrected chi connectivity index (χ3v) is 3.26. The number of nitrogens with zero attached hydrogens (tertiary/aromatic N) is 1. The monoisotopic (exact) mass is 276 g/mol. The fourth-order valence-electron chi connectivity index (χ4n) is 1.18. The number of thiazole rings is 1. The summed E-state index contributed by atoms with van der Waals surface area (Å²) in [4.78, 5) is 4.83. The van der Waals surface area contributed by atoms with E-state index in [-0.39, 0.29) is 5.82 Å². The maximum Gasteiger partial charge on any atom is 0.183 e. The lowest BCUT2D eigenvalue weighted by molar-refractivity contribution is 0.630. The van der Waals surface area contributed by atoms with E-state index in [1.54, 1.807) is 12.3 Å². The average Bonchev–Trinajstić information content (AvgIpc) is 2.66. The zero-order chi connectivity index (χ0) is 11.5. The van der Waals surface area contributed by atoms with Crippen LogP contribution in [0, 0.1) is 5.82 Å². The SMILES string of the molecule is Fc1ccc(Cl)cc1NCc1cnc(Cl)s1.